The number of nitro groups is 1. The van der Waals surface area contributed by atoms with Crippen molar-refractivity contribution in [2.24, 2.45) is 0 Å². The van der Waals surface area contributed by atoms with Gasteiger partial charge in [0.2, 0.25) is 0 Å². The standard InChI is InChI=1S/C13H16ClF3N2O2/c1-8-6-12(19(20)21)10(14)7-11(8)18-9(2)4-3-5-13(15,16)17/h6-7,9,18H,3-5H2,1-2H3. The third-order valence-corrected chi connectivity index (χ3v) is 3.29. The van der Waals surface area contributed by atoms with Gasteiger partial charge in [0.15, 0.2) is 0 Å². The summed E-state index contributed by atoms with van der Waals surface area (Å²) >= 11 is 5.81. The first kappa shape index (κ1) is 17.6. The average Bonchev–Trinajstić information content (AvgIpc) is 2.31. The van der Waals surface area contributed by atoms with Crippen LogP contribution in [0.5, 0.6) is 0 Å². The van der Waals surface area contributed by atoms with E-state index in [0.29, 0.717) is 17.7 Å². The second-order valence-electron chi connectivity index (χ2n) is 4.93. The third-order valence-electron chi connectivity index (χ3n) is 2.99. The molecule has 0 aliphatic heterocycles. The Hall–Kier alpha value is -1.50. The Morgan fingerprint density at radius 3 is 2.57 bits per heavy atom. The Bertz CT molecular complexity index is 521. The molecule has 1 rings (SSSR count). The number of halogens is 4. The van der Waals surface area contributed by atoms with Crippen LogP contribution in [0.25, 0.3) is 0 Å². The van der Waals surface area contributed by atoms with Gasteiger partial charge < -0.3 is 5.32 Å². The van der Waals surface area contributed by atoms with E-state index in [9.17, 15) is 23.3 Å². The van der Waals surface area contributed by atoms with Crippen molar-refractivity contribution < 1.29 is 18.1 Å². The van der Waals surface area contributed by atoms with Gasteiger partial charge in [0.1, 0.15) is 5.02 Å². The summed E-state index contributed by atoms with van der Waals surface area (Å²) in [7, 11) is 0. The molecule has 0 fully saturated rings. The molecule has 0 heterocycles. The molecule has 1 aromatic rings. The molecule has 21 heavy (non-hydrogen) atoms. The maximum Gasteiger partial charge on any atom is 0.389 e. The van der Waals surface area contributed by atoms with Crippen molar-refractivity contribution >= 4 is 23.0 Å². The second kappa shape index (κ2) is 6.98. The summed E-state index contributed by atoms with van der Waals surface area (Å²) in [6, 6.07) is 2.58. The van der Waals surface area contributed by atoms with Gasteiger partial charge in [-0.2, -0.15) is 13.2 Å². The highest BCUT2D eigenvalue weighted by Gasteiger charge is 2.26. The molecule has 0 saturated carbocycles. The van der Waals surface area contributed by atoms with Crippen molar-refractivity contribution in [3.63, 3.8) is 0 Å². The monoisotopic (exact) mass is 324 g/mol. The first-order valence-corrected chi connectivity index (χ1v) is 6.76. The van der Waals surface area contributed by atoms with Gasteiger partial charge in [0.25, 0.3) is 5.69 Å². The topological polar surface area (TPSA) is 55.2 Å². The number of hydrogen-bond acceptors (Lipinski definition) is 3. The minimum atomic E-state index is -4.15. The molecule has 0 bridgehead atoms. The highest BCUT2D eigenvalue weighted by Crippen LogP contribution is 2.31. The molecular formula is C13H16ClF3N2O2. The first-order valence-electron chi connectivity index (χ1n) is 6.38. The van der Waals surface area contributed by atoms with E-state index >= 15 is 0 Å². The zero-order valence-electron chi connectivity index (χ0n) is 11.6. The van der Waals surface area contributed by atoms with E-state index in [4.69, 9.17) is 11.6 Å². The van der Waals surface area contributed by atoms with E-state index in [1.807, 2.05) is 0 Å². The van der Waals surface area contributed by atoms with Crippen molar-refractivity contribution in [3.8, 4) is 0 Å². The van der Waals surface area contributed by atoms with Crippen molar-refractivity contribution in [2.75, 3.05) is 5.32 Å². The van der Waals surface area contributed by atoms with Gasteiger partial charge in [-0.1, -0.05) is 11.6 Å². The molecular weight excluding hydrogens is 309 g/mol. The lowest BCUT2D eigenvalue weighted by molar-refractivity contribution is -0.384. The molecule has 0 radical (unpaired) electrons. The van der Waals surface area contributed by atoms with Crippen LogP contribution in [0.4, 0.5) is 24.5 Å². The maximum absolute atomic E-state index is 12.1. The second-order valence-corrected chi connectivity index (χ2v) is 5.34. The van der Waals surface area contributed by atoms with Crippen LogP contribution >= 0.6 is 11.6 Å². The molecule has 0 saturated heterocycles. The Kier molecular flexibility index (Phi) is 5.83. The molecule has 0 aliphatic carbocycles. The lowest BCUT2D eigenvalue weighted by Crippen LogP contribution is -2.17. The van der Waals surface area contributed by atoms with Gasteiger partial charge in [-0.15, -0.1) is 0 Å². The van der Waals surface area contributed by atoms with E-state index in [1.165, 1.54) is 12.1 Å². The van der Waals surface area contributed by atoms with Gasteiger partial charge in [0.05, 0.1) is 4.92 Å². The van der Waals surface area contributed by atoms with Crippen LogP contribution in [0.15, 0.2) is 12.1 Å². The number of aryl methyl sites for hydroxylation is 1. The van der Waals surface area contributed by atoms with Gasteiger partial charge in [-0.05, 0) is 38.3 Å². The number of nitro benzene ring substituents is 1. The average molecular weight is 325 g/mol. The zero-order valence-corrected chi connectivity index (χ0v) is 12.4. The largest absolute Gasteiger partial charge is 0.389 e. The number of benzene rings is 1. The van der Waals surface area contributed by atoms with E-state index in [0.717, 1.165) is 0 Å². The summed E-state index contributed by atoms with van der Waals surface area (Å²) in [6.07, 6.45) is -4.60. The molecule has 0 spiro atoms. The fraction of sp³-hybridized carbons (Fsp3) is 0.538. The highest BCUT2D eigenvalue weighted by atomic mass is 35.5. The molecule has 0 aromatic heterocycles. The third kappa shape index (κ3) is 5.79. The van der Waals surface area contributed by atoms with Crippen LogP contribution in [-0.2, 0) is 0 Å². The van der Waals surface area contributed by atoms with E-state index in [2.05, 4.69) is 5.32 Å². The number of nitrogens with zero attached hydrogens (tertiary/aromatic N) is 1. The number of rotatable bonds is 6. The number of anilines is 1. The smallest absolute Gasteiger partial charge is 0.382 e. The molecule has 1 atom stereocenters. The lowest BCUT2D eigenvalue weighted by Gasteiger charge is -2.17. The molecule has 1 aromatic carbocycles. The predicted octanol–water partition coefficient (Wildman–Crippen LogP) is 5.09. The Balaban J connectivity index is 2.66. The molecule has 0 amide bonds. The molecule has 0 aliphatic rings. The molecule has 1 N–H and O–H groups in total. The van der Waals surface area contributed by atoms with Crippen molar-refractivity contribution in [1.29, 1.82) is 0 Å². The van der Waals surface area contributed by atoms with E-state index in [1.54, 1.807) is 13.8 Å². The van der Waals surface area contributed by atoms with Gasteiger partial charge in [0, 0.05) is 24.2 Å². The fourth-order valence-corrected chi connectivity index (χ4v) is 2.14. The number of hydrogen-bond donors (Lipinski definition) is 1. The molecule has 8 heteroatoms. The minimum absolute atomic E-state index is 0.00408. The zero-order chi connectivity index (χ0) is 16.2. The Labute approximate surface area is 125 Å². The molecule has 1 unspecified atom stereocenters. The SMILES string of the molecule is Cc1cc([N+](=O)[O-])c(Cl)cc1NC(C)CCCC(F)(F)F. The van der Waals surface area contributed by atoms with Gasteiger partial charge in [-0.3, -0.25) is 10.1 Å². The minimum Gasteiger partial charge on any atom is -0.382 e. The van der Waals surface area contributed by atoms with E-state index in [-0.39, 0.29) is 23.2 Å². The number of alkyl halides is 3. The number of nitrogens with one attached hydrogen (secondary N) is 1. The van der Waals surface area contributed by atoms with Crippen molar-refractivity contribution in [3.05, 3.63) is 32.8 Å². The molecule has 4 nitrogen and oxygen atoms in total. The van der Waals surface area contributed by atoms with Crippen LogP contribution in [0.1, 0.15) is 31.7 Å². The predicted molar refractivity (Wildman–Crippen MR) is 75.8 cm³/mol. The van der Waals surface area contributed by atoms with Gasteiger partial charge >= 0.3 is 6.18 Å². The fourth-order valence-electron chi connectivity index (χ4n) is 1.91. The summed E-state index contributed by atoms with van der Waals surface area (Å²) in [5, 5.41) is 13.8. The van der Waals surface area contributed by atoms with Crippen molar-refractivity contribution in [1.82, 2.24) is 0 Å². The highest BCUT2D eigenvalue weighted by molar-refractivity contribution is 6.33. The maximum atomic E-state index is 12.1. The first-order chi connectivity index (χ1) is 9.60. The Morgan fingerprint density at radius 2 is 2.05 bits per heavy atom. The lowest BCUT2D eigenvalue weighted by atomic mass is 10.1. The van der Waals surface area contributed by atoms with Crippen LogP contribution in [0, 0.1) is 17.0 Å². The Morgan fingerprint density at radius 1 is 1.43 bits per heavy atom. The van der Waals surface area contributed by atoms with Crippen LogP contribution < -0.4 is 5.32 Å². The summed E-state index contributed by atoms with van der Waals surface area (Å²) in [5.74, 6) is 0. The normalized spacial score (nSPS) is 13.0. The van der Waals surface area contributed by atoms with Crippen molar-refractivity contribution in [2.45, 2.75) is 45.3 Å². The van der Waals surface area contributed by atoms with Crippen LogP contribution in [0.2, 0.25) is 5.02 Å². The summed E-state index contributed by atoms with van der Waals surface area (Å²) in [4.78, 5) is 10.2. The van der Waals surface area contributed by atoms with Crippen LogP contribution in [-0.4, -0.2) is 17.1 Å². The quantitative estimate of drug-likeness (QED) is 0.585. The van der Waals surface area contributed by atoms with Gasteiger partial charge in [-0.25, -0.2) is 0 Å². The van der Waals surface area contributed by atoms with E-state index < -0.39 is 17.5 Å². The summed E-state index contributed by atoms with van der Waals surface area (Å²) in [6.45, 7) is 3.43. The summed E-state index contributed by atoms with van der Waals surface area (Å²) in [5.41, 5.74) is 1.02. The molecule has 118 valence electrons. The van der Waals surface area contributed by atoms with Crippen LogP contribution in [0.3, 0.4) is 0 Å². The summed E-state index contributed by atoms with van der Waals surface area (Å²) < 4.78 is 36.2.